The van der Waals surface area contributed by atoms with Crippen LogP contribution >= 0.6 is 0 Å². The summed E-state index contributed by atoms with van der Waals surface area (Å²) in [5, 5.41) is 5.06. The Morgan fingerprint density at radius 2 is 1.88 bits per heavy atom. The highest BCUT2D eigenvalue weighted by molar-refractivity contribution is 6.39. The standard InChI is InChI=1S/C17H19FN4O2/c1-22(2)15(12-5-7-13(18)8-6-12)11-20-16(23)17(24)21-14-4-3-9-19-10-14/h3-10,15H,11H2,1-2H3,(H,20,23)(H,21,24). The van der Waals surface area contributed by atoms with Crippen molar-refractivity contribution >= 4 is 17.5 Å². The van der Waals surface area contributed by atoms with E-state index >= 15 is 0 Å². The van der Waals surface area contributed by atoms with Crippen LogP contribution in [0.4, 0.5) is 10.1 Å². The van der Waals surface area contributed by atoms with Gasteiger partial charge in [-0.05, 0) is 43.9 Å². The molecule has 0 aliphatic rings. The lowest BCUT2D eigenvalue weighted by Gasteiger charge is -2.25. The van der Waals surface area contributed by atoms with E-state index in [4.69, 9.17) is 0 Å². The molecule has 0 saturated heterocycles. The SMILES string of the molecule is CN(C)C(CNC(=O)C(=O)Nc1cccnc1)c1ccc(F)cc1. The van der Waals surface area contributed by atoms with Crippen molar-refractivity contribution in [2.24, 2.45) is 0 Å². The summed E-state index contributed by atoms with van der Waals surface area (Å²) in [5.74, 6) is -1.83. The highest BCUT2D eigenvalue weighted by Gasteiger charge is 2.19. The number of benzene rings is 1. The highest BCUT2D eigenvalue weighted by Crippen LogP contribution is 2.17. The fraction of sp³-hybridized carbons (Fsp3) is 0.235. The van der Waals surface area contributed by atoms with Gasteiger partial charge in [0.05, 0.1) is 17.9 Å². The van der Waals surface area contributed by atoms with Crippen LogP contribution in [0.5, 0.6) is 0 Å². The molecule has 2 rings (SSSR count). The Labute approximate surface area is 139 Å². The number of anilines is 1. The summed E-state index contributed by atoms with van der Waals surface area (Å²) in [7, 11) is 3.69. The molecule has 1 heterocycles. The van der Waals surface area contributed by atoms with Crippen LogP contribution in [0.1, 0.15) is 11.6 Å². The van der Waals surface area contributed by atoms with Gasteiger partial charge in [0.2, 0.25) is 0 Å². The highest BCUT2D eigenvalue weighted by atomic mass is 19.1. The van der Waals surface area contributed by atoms with Gasteiger partial charge in [-0.2, -0.15) is 0 Å². The van der Waals surface area contributed by atoms with Gasteiger partial charge in [-0.15, -0.1) is 0 Å². The quantitative estimate of drug-likeness (QED) is 0.816. The number of amides is 2. The number of aromatic nitrogens is 1. The normalized spacial score (nSPS) is 11.8. The van der Waals surface area contributed by atoms with Crippen LogP contribution in [0.2, 0.25) is 0 Å². The molecule has 1 unspecified atom stereocenters. The minimum absolute atomic E-state index is 0.180. The lowest BCUT2D eigenvalue weighted by molar-refractivity contribution is -0.136. The van der Waals surface area contributed by atoms with E-state index in [1.807, 2.05) is 19.0 Å². The fourth-order valence-electron chi connectivity index (χ4n) is 2.18. The van der Waals surface area contributed by atoms with Crippen molar-refractivity contribution in [2.75, 3.05) is 26.0 Å². The molecule has 0 fully saturated rings. The average molecular weight is 330 g/mol. The van der Waals surface area contributed by atoms with Crippen molar-refractivity contribution in [3.8, 4) is 0 Å². The van der Waals surface area contributed by atoms with Gasteiger partial charge in [-0.3, -0.25) is 14.6 Å². The van der Waals surface area contributed by atoms with Gasteiger partial charge in [-0.1, -0.05) is 12.1 Å². The molecule has 0 aliphatic carbocycles. The van der Waals surface area contributed by atoms with E-state index in [1.165, 1.54) is 18.3 Å². The van der Waals surface area contributed by atoms with Gasteiger partial charge in [-0.25, -0.2) is 4.39 Å². The Morgan fingerprint density at radius 3 is 2.46 bits per heavy atom. The van der Waals surface area contributed by atoms with Gasteiger partial charge in [0, 0.05) is 12.7 Å². The molecule has 1 aromatic heterocycles. The van der Waals surface area contributed by atoms with Crippen molar-refractivity contribution in [1.82, 2.24) is 15.2 Å². The number of pyridine rings is 1. The lowest BCUT2D eigenvalue weighted by Crippen LogP contribution is -2.40. The number of rotatable bonds is 5. The second-order valence-corrected chi connectivity index (χ2v) is 5.44. The maximum absolute atomic E-state index is 13.0. The molecular formula is C17H19FN4O2. The van der Waals surface area contributed by atoms with Crippen LogP contribution in [0.3, 0.4) is 0 Å². The molecule has 126 valence electrons. The van der Waals surface area contributed by atoms with Crippen LogP contribution in [0.25, 0.3) is 0 Å². The molecule has 2 amide bonds. The zero-order valence-electron chi connectivity index (χ0n) is 13.5. The molecule has 1 atom stereocenters. The minimum atomic E-state index is -0.764. The Morgan fingerprint density at radius 1 is 1.17 bits per heavy atom. The number of nitrogens with one attached hydrogen (secondary N) is 2. The van der Waals surface area contributed by atoms with Gasteiger partial charge in [0.15, 0.2) is 0 Å². The van der Waals surface area contributed by atoms with Crippen LogP contribution in [0.15, 0.2) is 48.8 Å². The van der Waals surface area contributed by atoms with E-state index in [9.17, 15) is 14.0 Å². The second kappa shape index (κ2) is 8.16. The molecule has 7 heteroatoms. The monoisotopic (exact) mass is 330 g/mol. The van der Waals surface area contributed by atoms with E-state index < -0.39 is 11.8 Å². The predicted octanol–water partition coefficient (Wildman–Crippen LogP) is 1.58. The zero-order valence-corrected chi connectivity index (χ0v) is 13.5. The van der Waals surface area contributed by atoms with Gasteiger partial charge in [0.25, 0.3) is 0 Å². The maximum atomic E-state index is 13.0. The Balaban J connectivity index is 1.95. The molecule has 1 aromatic carbocycles. The first-order valence-corrected chi connectivity index (χ1v) is 7.38. The molecular weight excluding hydrogens is 311 g/mol. The van der Waals surface area contributed by atoms with E-state index in [0.717, 1.165) is 5.56 Å². The molecule has 2 N–H and O–H groups in total. The topological polar surface area (TPSA) is 74.3 Å². The zero-order chi connectivity index (χ0) is 17.5. The van der Waals surface area contributed by atoms with Crippen molar-refractivity contribution < 1.29 is 14.0 Å². The number of halogens is 1. The van der Waals surface area contributed by atoms with Crippen molar-refractivity contribution in [3.05, 3.63) is 60.2 Å². The maximum Gasteiger partial charge on any atom is 0.313 e. The summed E-state index contributed by atoms with van der Waals surface area (Å²) in [6.07, 6.45) is 3.02. The molecule has 0 saturated carbocycles. The third-order valence-electron chi connectivity index (χ3n) is 3.46. The summed E-state index contributed by atoms with van der Waals surface area (Å²) in [5.41, 5.74) is 1.29. The van der Waals surface area contributed by atoms with E-state index in [1.54, 1.807) is 30.5 Å². The molecule has 0 radical (unpaired) electrons. The van der Waals surface area contributed by atoms with Gasteiger partial charge >= 0.3 is 11.8 Å². The van der Waals surface area contributed by atoms with Crippen LogP contribution in [0, 0.1) is 5.82 Å². The number of hydrogen-bond donors (Lipinski definition) is 2. The van der Waals surface area contributed by atoms with Crippen molar-refractivity contribution in [3.63, 3.8) is 0 Å². The van der Waals surface area contributed by atoms with E-state index in [-0.39, 0.29) is 18.4 Å². The molecule has 6 nitrogen and oxygen atoms in total. The molecule has 0 spiro atoms. The van der Waals surface area contributed by atoms with Crippen molar-refractivity contribution in [1.29, 1.82) is 0 Å². The predicted molar refractivity (Wildman–Crippen MR) is 88.7 cm³/mol. The smallest absolute Gasteiger partial charge is 0.313 e. The molecule has 0 aliphatic heterocycles. The summed E-state index contributed by atoms with van der Waals surface area (Å²) in [4.78, 5) is 29.5. The van der Waals surface area contributed by atoms with Gasteiger partial charge in [0.1, 0.15) is 5.82 Å². The summed E-state index contributed by atoms with van der Waals surface area (Å²) >= 11 is 0. The summed E-state index contributed by atoms with van der Waals surface area (Å²) in [6, 6.07) is 9.15. The fourth-order valence-corrected chi connectivity index (χ4v) is 2.18. The minimum Gasteiger partial charge on any atom is -0.346 e. The third-order valence-corrected chi connectivity index (χ3v) is 3.46. The number of hydrogen-bond acceptors (Lipinski definition) is 4. The largest absolute Gasteiger partial charge is 0.346 e. The average Bonchev–Trinajstić information content (AvgIpc) is 2.57. The molecule has 24 heavy (non-hydrogen) atoms. The summed E-state index contributed by atoms with van der Waals surface area (Å²) in [6.45, 7) is 0.220. The molecule has 0 bridgehead atoms. The molecule has 2 aromatic rings. The van der Waals surface area contributed by atoms with E-state index in [2.05, 4.69) is 15.6 Å². The number of carbonyl (C=O) groups is 2. The second-order valence-electron chi connectivity index (χ2n) is 5.44. The first kappa shape index (κ1) is 17.6. The van der Waals surface area contributed by atoms with Crippen molar-refractivity contribution in [2.45, 2.75) is 6.04 Å². The van der Waals surface area contributed by atoms with Gasteiger partial charge < -0.3 is 15.5 Å². The van der Waals surface area contributed by atoms with Crippen LogP contribution < -0.4 is 10.6 Å². The number of carbonyl (C=O) groups excluding carboxylic acids is 2. The summed E-state index contributed by atoms with van der Waals surface area (Å²) < 4.78 is 13.0. The Kier molecular flexibility index (Phi) is 5.97. The van der Waals surface area contributed by atoms with Crippen LogP contribution in [-0.4, -0.2) is 42.3 Å². The number of likely N-dealkylation sites (N-methyl/N-ethyl adjacent to an activating group) is 1. The Bertz CT molecular complexity index is 689. The first-order chi connectivity index (χ1) is 11.5. The lowest BCUT2D eigenvalue weighted by atomic mass is 10.1. The van der Waals surface area contributed by atoms with Crippen LogP contribution in [-0.2, 0) is 9.59 Å². The third kappa shape index (κ3) is 4.85. The number of nitrogens with zero attached hydrogens (tertiary/aromatic N) is 2. The Hall–Kier alpha value is -2.80. The van der Waals surface area contributed by atoms with E-state index in [0.29, 0.717) is 5.69 Å². The first-order valence-electron chi connectivity index (χ1n) is 7.38.